The second kappa shape index (κ2) is 11.2. The largest absolute Gasteiger partial charge is 0.483 e. The Labute approximate surface area is 164 Å². The van der Waals surface area contributed by atoms with Crippen LogP contribution < -0.4 is 20.9 Å². The van der Waals surface area contributed by atoms with Gasteiger partial charge >= 0.3 is 5.97 Å². The maximum Gasteiger partial charge on any atom is 0.330 e. The summed E-state index contributed by atoms with van der Waals surface area (Å²) in [6.07, 6.45) is 1.93. The smallest absolute Gasteiger partial charge is 0.330 e. The summed E-state index contributed by atoms with van der Waals surface area (Å²) in [5.74, 6) is -1.21. The fourth-order valence-corrected chi connectivity index (χ4v) is 2.23. The van der Waals surface area contributed by atoms with Gasteiger partial charge in [-0.25, -0.2) is 4.79 Å². The first-order valence-corrected chi connectivity index (χ1v) is 8.65. The molecule has 0 aromatic heterocycles. The van der Waals surface area contributed by atoms with E-state index in [1.54, 1.807) is 19.1 Å². The topological polar surface area (TPSA) is 106 Å². The van der Waals surface area contributed by atoms with E-state index in [1.165, 1.54) is 0 Å². The van der Waals surface area contributed by atoms with E-state index in [1.807, 2.05) is 13.0 Å². The first-order valence-electron chi connectivity index (χ1n) is 7.45. The average molecular weight is 444 g/mol. The van der Waals surface area contributed by atoms with Crippen molar-refractivity contribution in [1.29, 1.82) is 0 Å². The Balaban J connectivity index is 2.32. The van der Waals surface area contributed by atoms with Crippen LogP contribution in [0.5, 0.6) is 5.75 Å². The highest BCUT2D eigenvalue weighted by molar-refractivity contribution is 9.10. The molecule has 1 aromatic rings. The molecular formula is C16H18BrN3O5S. The number of amides is 2. The zero-order valence-electron chi connectivity index (χ0n) is 14.1. The van der Waals surface area contributed by atoms with Crippen LogP contribution in [0.1, 0.15) is 12.5 Å². The normalized spacial score (nSPS) is 10.1. The van der Waals surface area contributed by atoms with Gasteiger partial charge in [-0.15, -0.1) is 0 Å². The standard InChI is InChI=1S/C16H18BrN3O5S/c1-3-24-15(23)7-6-13(21)18-16(26)20-19-14(22)9-25-12-5-4-11(17)8-10(12)2/h4-8H,3,9H2,1-2H3,(H,19,22)(H2,18,20,21,26)/b7-6+. The Morgan fingerprint density at radius 1 is 1.23 bits per heavy atom. The minimum Gasteiger partial charge on any atom is -0.483 e. The maximum atomic E-state index is 11.7. The molecule has 0 heterocycles. The molecule has 2 amide bonds. The van der Waals surface area contributed by atoms with Gasteiger partial charge in [-0.2, -0.15) is 0 Å². The van der Waals surface area contributed by atoms with Crippen molar-refractivity contribution in [3.63, 3.8) is 0 Å². The van der Waals surface area contributed by atoms with Crippen molar-refractivity contribution in [1.82, 2.24) is 16.2 Å². The van der Waals surface area contributed by atoms with Gasteiger partial charge < -0.3 is 9.47 Å². The van der Waals surface area contributed by atoms with Crippen molar-refractivity contribution in [2.75, 3.05) is 13.2 Å². The Morgan fingerprint density at radius 2 is 1.96 bits per heavy atom. The fraction of sp³-hybridized carbons (Fsp3) is 0.250. The number of rotatable bonds is 6. The summed E-state index contributed by atoms with van der Waals surface area (Å²) >= 11 is 8.18. The third kappa shape index (κ3) is 8.58. The van der Waals surface area contributed by atoms with Gasteiger partial charge in [0.25, 0.3) is 5.91 Å². The molecule has 0 spiro atoms. The number of esters is 1. The molecule has 0 aliphatic carbocycles. The molecule has 0 fully saturated rings. The van der Waals surface area contributed by atoms with Gasteiger partial charge in [0.1, 0.15) is 5.75 Å². The van der Waals surface area contributed by atoms with Gasteiger partial charge in [-0.3, -0.25) is 25.8 Å². The van der Waals surface area contributed by atoms with E-state index < -0.39 is 17.8 Å². The van der Waals surface area contributed by atoms with Crippen LogP contribution in [0.15, 0.2) is 34.8 Å². The van der Waals surface area contributed by atoms with E-state index in [2.05, 4.69) is 36.8 Å². The summed E-state index contributed by atoms with van der Waals surface area (Å²) in [7, 11) is 0. The number of benzene rings is 1. The lowest BCUT2D eigenvalue weighted by atomic mass is 10.2. The number of hydrogen-bond acceptors (Lipinski definition) is 6. The van der Waals surface area contributed by atoms with Crippen molar-refractivity contribution in [3.8, 4) is 5.75 Å². The second-order valence-electron chi connectivity index (χ2n) is 4.78. The Kier molecular flexibility index (Phi) is 9.31. The highest BCUT2D eigenvalue weighted by atomic mass is 79.9. The lowest BCUT2D eigenvalue weighted by molar-refractivity contribution is -0.137. The van der Waals surface area contributed by atoms with E-state index in [9.17, 15) is 14.4 Å². The zero-order chi connectivity index (χ0) is 19.5. The molecule has 0 aliphatic rings. The van der Waals surface area contributed by atoms with Crippen LogP contribution >= 0.6 is 28.1 Å². The van der Waals surface area contributed by atoms with Crippen LogP contribution in [0.2, 0.25) is 0 Å². The van der Waals surface area contributed by atoms with E-state index in [0.29, 0.717) is 5.75 Å². The number of ether oxygens (including phenoxy) is 2. The summed E-state index contributed by atoms with van der Waals surface area (Å²) in [4.78, 5) is 34.3. The van der Waals surface area contributed by atoms with Crippen LogP contribution in [0.25, 0.3) is 0 Å². The fourth-order valence-electron chi connectivity index (χ4n) is 1.60. The molecule has 3 N–H and O–H groups in total. The molecule has 0 atom stereocenters. The Morgan fingerprint density at radius 3 is 2.62 bits per heavy atom. The lowest BCUT2D eigenvalue weighted by Crippen LogP contribution is -2.49. The molecule has 0 saturated carbocycles. The molecule has 0 radical (unpaired) electrons. The maximum absolute atomic E-state index is 11.7. The summed E-state index contributed by atoms with van der Waals surface area (Å²) in [5.41, 5.74) is 5.50. The van der Waals surface area contributed by atoms with Crippen LogP contribution in [0, 0.1) is 6.92 Å². The van der Waals surface area contributed by atoms with Gasteiger partial charge in [-0.05, 0) is 49.8 Å². The van der Waals surface area contributed by atoms with Gasteiger partial charge in [0.15, 0.2) is 11.7 Å². The molecule has 8 nitrogen and oxygen atoms in total. The predicted octanol–water partition coefficient (Wildman–Crippen LogP) is 1.28. The number of carbonyl (C=O) groups is 3. The van der Waals surface area contributed by atoms with Gasteiger partial charge in [0, 0.05) is 16.6 Å². The Hall–Kier alpha value is -2.46. The quantitative estimate of drug-likeness (QED) is 0.263. The highest BCUT2D eigenvalue weighted by Crippen LogP contribution is 2.21. The lowest BCUT2D eigenvalue weighted by Gasteiger charge is -2.11. The number of nitrogens with one attached hydrogen (secondary N) is 3. The second-order valence-corrected chi connectivity index (χ2v) is 6.10. The van der Waals surface area contributed by atoms with Gasteiger partial charge in [-0.1, -0.05) is 15.9 Å². The number of thiocarbonyl (C=S) groups is 1. The summed E-state index contributed by atoms with van der Waals surface area (Å²) in [6, 6.07) is 5.40. The van der Waals surface area contributed by atoms with Crippen molar-refractivity contribution in [2.45, 2.75) is 13.8 Å². The molecule has 1 rings (SSSR count). The SMILES string of the molecule is CCOC(=O)/C=C/C(=O)NC(=S)NNC(=O)COc1ccc(Br)cc1C. The molecular weight excluding hydrogens is 426 g/mol. The summed E-state index contributed by atoms with van der Waals surface area (Å²) < 4.78 is 10.9. The van der Waals surface area contributed by atoms with E-state index in [4.69, 9.17) is 17.0 Å². The number of aryl methyl sites for hydroxylation is 1. The molecule has 26 heavy (non-hydrogen) atoms. The Bertz CT molecular complexity index is 724. The molecule has 10 heteroatoms. The van der Waals surface area contributed by atoms with Crippen molar-refractivity contribution < 1.29 is 23.9 Å². The van der Waals surface area contributed by atoms with Crippen molar-refractivity contribution in [3.05, 3.63) is 40.4 Å². The van der Waals surface area contributed by atoms with Crippen LogP contribution in [0.4, 0.5) is 0 Å². The van der Waals surface area contributed by atoms with E-state index in [-0.39, 0.29) is 18.3 Å². The van der Waals surface area contributed by atoms with Crippen LogP contribution in [0.3, 0.4) is 0 Å². The number of halogens is 1. The summed E-state index contributed by atoms with van der Waals surface area (Å²) in [5, 5.41) is 2.11. The van der Waals surface area contributed by atoms with Crippen molar-refractivity contribution in [2.24, 2.45) is 0 Å². The zero-order valence-corrected chi connectivity index (χ0v) is 16.5. The number of carbonyl (C=O) groups excluding carboxylic acids is 3. The molecule has 0 saturated heterocycles. The number of hydrazine groups is 1. The van der Waals surface area contributed by atoms with Crippen LogP contribution in [-0.2, 0) is 19.1 Å². The highest BCUT2D eigenvalue weighted by Gasteiger charge is 2.07. The van der Waals surface area contributed by atoms with Gasteiger partial charge in [0.05, 0.1) is 6.61 Å². The third-order valence-corrected chi connectivity index (χ3v) is 3.40. The molecule has 1 aromatic carbocycles. The summed E-state index contributed by atoms with van der Waals surface area (Å²) in [6.45, 7) is 3.47. The first-order chi connectivity index (χ1) is 12.3. The molecule has 0 unspecified atom stereocenters. The predicted molar refractivity (Wildman–Crippen MR) is 102 cm³/mol. The minimum atomic E-state index is -0.647. The minimum absolute atomic E-state index is 0.142. The third-order valence-electron chi connectivity index (χ3n) is 2.71. The van der Waals surface area contributed by atoms with E-state index >= 15 is 0 Å². The molecule has 0 aliphatic heterocycles. The molecule has 0 bridgehead atoms. The van der Waals surface area contributed by atoms with Crippen molar-refractivity contribution >= 4 is 51.0 Å². The van der Waals surface area contributed by atoms with Gasteiger partial charge in [0.2, 0.25) is 5.91 Å². The van der Waals surface area contributed by atoms with Crippen LogP contribution in [-0.4, -0.2) is 36.1 Å². The monoisotopic (exact) mass is 443 g/mol. The molecule has 140 valence electrons. The van der Waals surface area contributed by atoms with E-state index in [0.717, 1.165) is 22.2 Å². The first kappa shape index (κ1) is 21.6. The average Bonchev–Trinajstić information content (AvgIpc) is 2.57. The number of hydrogen-bond donors (Lipinski definition) is 3.